The summed E-state index contributed by atoms with van der Waals surface area (Å²) in [6.07, 6.45) is 3.29. The molecule has 1 amide bonds. The van der Waals surface area contributed by atoms with E-state index >= 15 is 0 Å². The van der Waals surface area contributed by atoms with Crippen LogP contribution in [0.5, 0.6) is 0 Å². The van der Waals surface area contributed by atoms with Gasteiger partial charge in [-0.3, -0.25) is 9.59 Å². The molecule has 1 spiro atoms. The molecule has 2 saturated heterocycles. The highest BCUT2D eigenvalue weighted by atomic mass is 35.5. The van der Waals surface area contributed by atoms with Crippen molar-refractivity contribution in [3.05, 3.63) is 33.9 Å². The van der Waals surface area contributed by atoms with Gasteiger partial charge in [0, 0.05) is 25.2 Å². The van der Waals surface area contributed by atoms with Crippen molar-refractivity contribution in [3.8, 4) is 0 Å². The summed E-state index contributed by atoms with van der Waals surface area (Å²) in [5.74, 6) is 0.499. The number of carbonyl (C=O) groups is 1. The Kier molecular flexibility index (Phi) is 4.74. The van der Waals surface area contributed by atoms with E-state index in [4.69, 9.17) is 4.42 Å². The Morgan fingerprint density at radius 1 is 1.29 bits per heavy atom. The Balaban J connectivity index is 0.00000161. The molecule has 3 rings (SSSR count). The van der Waals surface area contributed by atoms with E-state index in [9.17, 15) is 9.59 Å². The van der Waals surface area contributed by atoms with E-state index in [2.05, 4.69) is 5.32 Å². The quantitative estimate of drug-likeness (QED) is 0.855. The maximum Gasteiger partial charge on any atom is 0.289 e. The van der Waals surface area contributed by atoms with Gasteiger partial charge in [-0.05, 0) is 44.7 Å². The smallest absolute Gasteiger partial charge is 0.289 e. The van der Waals surface area contributed by atoms with Crippen LogP contribution in [0.2, 0.25) is 0 Å². The van der Waals surface area contributed by atoms with Crippen molar-refractivity contribution >= 4 is 18.3 Å². The Morgan fingerprint density at radius 3 is 2.67 bits per heavy atom. The predicted octanol–water partition coefficient (Wildman–Crippen LogP) is 1.59. The van der Waals surface area contributed by atoms with Crippen LogP contribution >= 0.6 is 12.4 Å². The summed E-state index contributed by atoms with van der Waals surface area (Å²) in [5.41, 5.74) is 0.0956. The van der Waals surface area contributed by atoms with Gasteiger partial charge in [0.25, 0.3) is 5.91 Å². The average molecular weight is 313 g/mol. The van der Waals surface area contributed by atoms with Crippen LogP contribution < -0.4 is 10.7 Å². The number of nitrogens with zero attached hydrogens (tertiary/aromatic N) is 1. The van der Waals surface area contributed by atoms with Gasteiger partial charge in [-0.15, -0.1) is 12.4 Å². The van der Waals surface area contributed by atoms with E-state index < -0.39 is 0 Å². The standard InChI is InChI=1S/C15H20N2O3.ClH/c1-11-8-12(18)9-13(20-11)14(19)17-7-4-15(10-17)2-5-16-6-3-15;/h8-9,16H,2-7,10H2,1H3;1H. The number of halogens is 1. The molecule has 1 aromatic heterocycles. The maximum atomic E-state index is 12.5. The third-order valence-corrected chi connectivity index (χ3v) is 4.49. The fourth-order valence-electron chi connectivity index (χ4n) is 3.34. The molecule has 3 heterocycles. The van der Waals surface area contributed by atoms with Crippen LogP contribution in [0.3, 0.4) is 0 Å². The molecule has 1 aromatic rings. The number of nitrogens with one attached hydrogen (secondary N) is 1. The van der Waals surface area contributed by atoms with Crippen LogP contribution in [-0.2, 0) is 0 Å². The van der Waals surface area contributed by atoms with Crippen molar-refractivity contribution in [2.45, 2.75) is 26.2 Å². The van der Waals surface area contributed by atoms with Crippen molar-refractivity contribution in [1.29, 1.82) is 0 Å². The summed E-state index contributed by atoms with van der Waals surface area (Å²) in [7, 11) is 0. The van der Waals surface area contributed by atoms with E-state index in [1.54, 1.807) is 6.92 Å². The second-order valence-corrected chi connectivity index (χ2v) is 5.99. The van der Waals surface area contributed by atoms with E-state index in [0.717, 1.165) is 45.4 Å². The van der Waals surface area contributed by atoms with Crippen molar-refractivity contribution in [3.63, 3.8) is 0 Å². The van der Waals surface area contributed by atoms with E-state index in [1.165, 1.54) is 12.1 Å². The normalized spacial score (nSPS) is 20.3. The number of rotatable bonds is 1. The summed E-state index contributed by atoms with van der Waals surface area (Å²) in [5, 5.41) is 3.36. The monoisotopic (exact) mass is 312 g/mol. The predicted molar refractivity (Wildman–Crippen MR) is 82.0 cm³/mol. The highest BCUT2D eigenvalue weighted by molar-refractivity contribution is 5.91. The summed E-state index contributed by atoms with van der Waals surface area (Å²) in [6.45, 7) is 5.29. The molecule has 2 fully saturated rings. The highest BCUT2D eigenvalue weighted by Crippen LogP contribution is 2.38. The molecule has 0 bridgehead atoms. The lowest BCUT2D eigenvalue weighted by atomic mass is 9.78. The van der Waals surface area contributed by atoms with Gasteiger partial charge < -0.3 is 14.6 Å². The van der Waals surface area contributed by atoms with Crippen LogP contribution in [0.25, 0.3) is 0 Å². The second-order valence-electron chi connectivity index (χ2n) is 5.99. The molecule has 0 aromatic carbocycles. The molecule has 116 valence electrons. The third kappa shape index (κ3) is 3.30. The topological polar surface area (TPSA) is 62.6 Å². The molecule has 0 aliphatic carbocycles. The number of piperidine rings is 1. The lowest BCUT2D eigenvalue weighted by molar-refractivity contribution is 0.0726. The fourth-order valence-corrected chi connectivity index (χ4v) is 3.34. The van der Waals surface area contributed by atoms with Crippen molar-refractivity contribution in [2.75, 3.05) is 26.2 Å². The zero-order valence-electron chi connectivity index (χ0n) is 12.2. The molecule has 5 nitrogen and oxygen atoms in total. The molecule has 0 unspecified atom stereocenters. The Bertz CT molecular complexity index is 579. The van der Waals surface area contributed by atoms with Crippen molar-refractivity contribution in [1.82, 2.24) is 10.2 Å². The largest absolute Gasteiger partial charge is 0.456 e. The van der Waals surface area contributed by atoms with Gasteiger partial charge in [0.05, 0.1) is 0 Å². The minimum atomic E-state index is -0.173. The number of likely N-dealkylation sites (tertiary alicyclic amines) is 1. The molecular formula is C15H21ClN2O3. The van der Waals surface area contributed by atoms with Crippen LogP contribution in [0, 0.1) is 12.3 Å². The number of amides is 1. The summed E-state index contributed by atoms with van der Waals surface area (Å²) >= 11 is 0. The zero-order valence-corrected chi connectivity index (χ0v) is 13.0. The number of hydrogen-bond donors (Lipinski definition) is 1. The Labute approximate surface area is 130 Å². The first-order chi connectivity index (χ1) is 9.58. The minimum Gasteiger partial charge on any atom is -0.456 e. The van der Waals surface area contributed by atoms with Crippen LogP contribution in [0.4, 0.5) is 0 Å². The highest BCUT2D eigenvalue weighted by Gasteiger charge is 2.41. The number of aryl methyl sites for hydroxylation is 1. The molecule has 0 radical (unpaired) electrons. The Morgan fingerprint density at radius 2 is 2.00 bits per heavy atom. The van der Waals surface area contributed by atoms with Crippen molar-refractivity contribution < 1.29 is 9.21 Å². The van der Waals surface area contributed by atoms with Gasteiger partial charge in [-0.1, -0.05) is 0 Å². The lowest BCUT2D eigenvalue weighted by Gasteiger charge is -2.33. The van der Waals surface area contributed by atoms with E-state index in [1.807, 2.05) is 4.90 Å². The summed E-state index contributed by atoms with van der Waals surface area (Å²) < 4.78 is 5.40. The van der Waals surface area contributed by atoms with Gasteiger partial charge in [0.15, 0.2) is 11.2 Å². The molecular weight excluding hydrogens is 292 g/mol. The SMILES string of the molecule is Cc1cc(=O)cc(C(=O)N2CCC3(CCNCC3)C2)o1.Cl. The molecule has 0 atom stereocenters. The van der Waals surface area contributed by atoms with Crippen molar-refractivity contribution in [2.24, 2.45) is 5.41 Å². The molecule has 6 heteroatoms. The van der Waals surface area contributed by atoms with E-state index in [0.29, 0.717) is 5.76 Å². The minimum absolute atomic E-state index is 0. The first-order valence-corrected chi connectivity index (χ1v) is 7.20. The van der Waals surface area contributed by atoms with Gasteiger partial charge >= 0.3 is 0 Å². The third-order valence-electron chi connectivity index (χ3n) is 4.49. The molecule has 1 N–H and O–H groups in total. The van der Waals surface area contributed by atoms with Gasteiger partial charge in [-0.25, -0.2) is 0 Å². The summed E-state index contributed by atoms with van der Waals surface area (Å²) in [6, 6.07) is 2.69. The van der Waals surface area contributed by atoms with Gasteiger partial charge in [0.1, 0.15) is 5.76 Å². The Hall–Kier alpha value is -1.33. The molecule has 0 saturated carbocycles. The fraction of sp³-hybridized carbons (Fsp3) is 0.600. The number of carbonyl (C=O) groups excluding carboxylic acids is 1. The van der Waals surface area contributed by atoms with Gasteiger partial charge in [0.2, 0.25) is 0 Å². The van der Waals surface area contributed by atoms with Gasteiger partial charge in [-0.2, -0.15) is 0 Å². The molecule has 2 aliphatic heterocycles. The van der Waals surface area contributed by atoms with Crippen LogP contribution in [-0.4, -0.2) is 37.0 Å². The first kappa shape index (κ1) is 16.0. The molecule has 21 heavy (non-hydrogen) atoms. The number of hydrogen-bond acceptors (Lipinski definition) is 4. The maximum absolute atomic E-state index is 12.5. The summed E-state index contributed by atoms with van der Waals surface area (Å²) in [4.78, 5) is 25.8. The molecule has 2 aliphatic rings. The second kappa shape index (κ2) is 6.20. The average Bonchev–Trinajstić information content (AvgIpc) is 2.81. The lowest BCUT2D eigenvalue weighted by Crippen LogP contribution is -2.39. The van der Waals surface area contributed by atoms with Crippen LogP contribution in [0.1, 0.15) is 35.6 Å². The van der Waals surface area contributed by atoms with E-state index in [-0.39, 0.29) is 34.9 Å². The van der Waals surface area contributed by atoms with Crippen LogP contribution in [0.15, 0.2) is 21.3 Å². The first-order valence-electron chi connectivity index (χ1n) is 7.20. The zero-order chi connectivity index (χ0) is 14.2.